The summed E-state index contributed by atoms with van der Waals surface area (Å²) in [6.45, 7) is 6.92. The van der Waals surface area contributed by atoms with Crippen LogP contribution in [0.15, 0.2) is 47.5 Å². The van der Waals surface area contributed by atoms with Crippen LogP contribution in [0.5, 0.6) is 0 Å². The van der Waals surface area contributed by atoms with Crippen LogP contribution in [-0.2, 0) is 4.74 Å². The Hall–Kier alpha value is -1.68. The van der Waals surface area contributed by atoms with E-state index in [4.69, 9.17) is 10.5 Å². The van der Waals surface area contributed by atoms with Gasteiger partial charge in [-0.1, -0.05) is 19.9 Å². The van der Waals surface area contributed by atoms with Crippen LogP contribution in [0.25, 0.3) is 0 Å². The van der Waals surface area contributed by atoms with Crippen molar-refractivity contribution >= 4 is 0 Å². The molecule has 0 bridgehead atoms. The second-order valence-electron chi connectivity index (χ2n) is 4.95. The van der Waals surface area contributed by atoms with Gasteiger partial charge in [0.1, 0.15) is 5.76 Å². The SMILES string of the molecule is CC.COC1=CC2=CC=CNC2C(NC(C)CCCN)=C1. The van der Waals surface area contributed by atoms with Gasteiger partial charge in [0.05, 0.1) is 13.2 Å². The molecule has 2 aliphatic rings. The van der Waals surface area contributed by atoms with E-state index in [1.807, 2.05) is 26.1 Å². The summed E-state index contributed by atoms with van der Waals surface area (Å²) in [5.74, 6) is 0.883. The molecule has 0 aromatic carbocycles. The summed E-state index contributed by atoms with van der Waals surface area (Å²) in [6.07, 6.45) is 12.3. The van der Waals surface area contributed by atoms with E-state index in [2.05, 4.69) is 35.8 Å². The van der Waals surface area contributed by atoms with Gasteiger partial charge in [0, 0.05) is 17.8 Å². The third-order valence-electron chi connectivity index (χ3n) is 3.39. The van der Waals surface area contributed by atoms with Crippen LogP contribution < -0.4 is 16.4 Å². The molecule has 4 N–H and O–H groups in total. The lowest BCUT2D eigenvalue weighted by Gasteiger charge is -2.31. The lowest BCUT2D eigenvalue weighted by atomic mass is 9.95. The van der Waals surface area contributed by atoms with E-state index < -0.39 is 0 Å². The van der Waals surface area contributed by atoms with Crippen LogP contribution in [0.4, 0.5) is 0 Å². The minimum absolute atomic E-state index is 0.198. The van der Waals surface area contributed by atoms with E-state index in [0.717, 1.165) is 30.8 Å². The smallest absolute Gasteiger partial charge is 0.121 e. The predicted molar refractivity (Wildman–Crippen MR) is 89.6 cm³/mol. The van der Waals surface area contributed by atoms with E-state index in [0.29, 0.717) is 6.04 Å². The topological polar surface area (TPSA) is 59.3 Å². The zero-order valence-electron chi connectivity index (χ0n) is 13.6. The summed E-state index contributed by atoms with van der Waals surface area (Å²) in [6, 6.07) is 0.601. The number of hydrogen-bond acceptors (Lipinski definition) is 4. The monoisotopic (exact) mass is 291 g/mol. The molecular formula is C17H29N3O. The summed E-state index contributed by atoms with van der Waals surface area (Å²) in [7, 11) is 1.70. The molecule has 2 atom stereocenters. The molecule has 0 aromatic heterocycles. The predicted octanol–water partition coefficient (Wildman–Crippen LogP) is 2.57. The number of dihydropyridines is 1. The van der Waals surface area contributed by atoms with Crippen molar-refractivity contribution in [1.29, 1.82) is 0 Å². The standard InChI is InChI=1S/C15H23N3O.C2H6/c1-11(5-3-7-16)18-14-10-13(19-2)9-12-6-4-8-17-15(12)14;1-2/h4,6,8-11,15,17-18H,3,5,7,16H2,1-2H3;1-2H3. The molecular weight excluding hydrogens is 262 g/mol. The van der Waals surface area contributed by atoms with Crippen LogP contribution in [0.1, 0.15) is 33.6 Å². The van der Waals surface area contributed by atoms with Crippen molar-refractivity contribution in [2.24, 2.45) is 5.73 Å². The van der Waals surface area contributed by atoms with Crippen molar-refractivity contribution in [3.8, 4) is 0 Å². The van der Waals surface area contributed by atoms with Crippen molar-refractivity contribution in [2.75, 3.05) is 13.7 Å². The van der Waals surface area contributed by atoms with Gasteiger partial charge in [0.25, 0.3) is 0 Å². The highest BCUT2D eigenvalue weighted by molar-refractivity contribution is 5.47. The lowest BCUT2D eigenvalue weighted by molar-refractivity contribution is 0.303. The second-order valence-corrected chi connectivity index (χ2v) is 4.95. The number of fused-ring (bicyclic) bond motifs is 1. The zero-order chi connectivity index (χ0) is 15.7. The van der Waals surface area contributed by atoms with Crippen molar-refractivity contribution in [3.63, 3.8) is 0 Å². The second kappa shape index (κ2) is 9.29. The maximum Gasteiger partial charge on any atom is 0.121 e. The maximum atomic E-state index is 5.56. The third kappa shape index (κ3) is 4.97. The van der Waals surface area contributed by atoms with Gasteiger partial charge in [0.2, 0.25) is 0 Å². The van der Waals surface area contributed by atoms with Crippen LogP contribution in [0.3, 0.4) is 0 Å². The van der Waals surface area contributed by atoms with Crippen LogP contribution in [0.2, 0.25) is 0 Å². The number of nitrogens with two attached hydrogens (primary N) is 1. The molecule has 0 radical (unpaired) electrons. The first-order chi connectivity index (χ1) is 10.2. The van der Waals surface area contributed by atoms with Gasteiger partial charge in [0.15, 0.2) is 0 Å². The van der Waals surface area contributed by atoms with Gasteiger partial charge >= 0.3 is 0 Å². The van der Waals surface area contributed by atoms with E-state index in [9.17, 15) is 0 Å². The maximum absolute atomic E-state index is 5.56. The highest BCUT2D eigenvalue weighted by Crippen LogP contribution is 2.24. The zero-order valence-corrected chi connectivity index (χ0v) is 13.6. The molecule has 0 fully saturated rings. The molecule has 1 aliphatic carbocycles. The molecule has 2 unspecified atom stereocenters. The Kier molecular flexibility index (Phi) is 7.69. The quantitative estimate of drug-likeness (QED) is 0.704. The first kappa shape index (κ1) is 17.4. The minimum atomic E-state index is 0.198. The summed E-state index contributed by atoms with van der Waals surface area (Å²) in [5, 5.41) is 6.94. The largest absolute Gasteiger partial charge is 0.497 e. The molecule has 4 nitrogen and oxygen atoms in total. The van der Waals surface area contributed by atoms with Crippen LogP contribution in [-0.4, -0.2) is 25.7 Å². The fourth-order valence-electron chi connectivity index (χ4n) is 2.37. The van der Waals surface area contributed by atoms with Gasteiger partial charge in [-0.25, -0.2) is 0 Å². The van der Waals surface area contributed by atoms with Gasteiger partial charge in [-0.15, -0.1) is 0 Å². The van der Waals surface area contributed by atoms with Gasteiger partial charge < -0.3 is 21.1 Å². The van der Waals surface area contributed by atoms with Crippen molar-refractivity contribution in [3.05, 3.63) is 47.5 Å². The lowest BCUT2D eigenvalue weighted by Crippen LogP contribution is -2.41. The Labute approximate surface area is 128 Å². The highest BCUT2D eigenvalue weighted by atomic mass is 16.5. The molecule has 1 heterocycles. The number of nitrogens with one attached hydrogen (secondary N) is 2. The van der Waals surface area contributed by atoms with E-state index in [1.165, 1.54) is 5.57 Å². The third-order valence-corrected chi connectivity index (χ3v) is 3.39. The first-order valence-corrected chi connectivity index (χ1v) is 7.81. The van der Waals surface area contributed by atoms with Crippen LogP contribution in [0, 0.1) is 0 Å². The van der Waals surface area contributed by atoms with Gasteiger partial charge in [-0.05, 0) is 50.2 Å². The fourth-order valence-corrected chi connectivity index (χ4v) is 2.37. The minimum Gasteiger partial charge on any atom is -0.497 e. The molecule has 4 heteroatoms. The Bertz CT molecular complexity index is 435. The van der Waals surface area contributed by atoms with E-state index >= 15 is 0 Å². The van der Waals surface area contributed by atoms with Crippen molar-refractivity contribution in [1.82, 2.24) is 10.6 Å². The van der Waals surface area contributed by atoms with Gasteiger partial charge in [-0.2, -0.15) is 0 Å². The molecule has 1 aliphatic heterocycles. The Morgan fingerprint density at radius 3 is 2.81 bits per heavy atom. The van der Waals surface area contributed by atoms with Crippen molar-refractivity contribution in [2.45, 2.75) is 45.7 Å². The summed E-state index contributed by atoms with van der Waals surface area (Å²) in [4.78, 5) is 0. The average Bonchev–Trinajstić information content (AvgIpc) is 2.54. The molecule has 118 valence electrons. The Morgan fingerprint density at radius 1 is 1.38 bits per heavy atom. The van der Waals surface area contributed by atoms with E-state index in [-0.39, 0.29) is 6.04 Å². The van der Waals surface area contributed by atoms with E-state index in [1.54, 1.807) is 7.11 Å². The summed E-state index contributed by atoms with van der Waals surface area (Å²) >= 11 is 0. The molecule has 0 aromatic rings. The molecule has 0 saturated heterocycles. The molecule has 0 amide bonds. The number of allylic oxidation sites excluding steroid dienone is 3. The molecule has 0 saturated carbocycles. The average molecular weight is 291 g/mol. The Morgan fingerprint density at radius 2 is 2.14 bits per heavy atom. The molecule has 2 rings (SSSR count). The van der Waals surface area contributed by atoms with Crippen LogP contribution >= 0.6 is 0 Å². The molecule has 21 heavy (non-hydrogen) atoms. The number of hydrogen-bond donors (Lipinski definition) is 3. The highest BCUT2D eigenvalue weighted by Gasteiger charge is 2.23. The van der Waals surface area contributed by atoms with Crippen molar-refractivity contribution < 1.29 is 4.74 Å². The Balaban J connectivity index is 0.00000106. The normalized spacial score (nSPS) is 20.6. The van der Waals surface area contributed by atoms with Gasteiger partial charge in [-0.3, -0.25) is 0 Å². The number of rotatable bonds is 6. The number of ether oxygens (including phenoxy) is 1. The summed E-state index contributed by atoms with van der Waals surface area (Å²) < 4.78 is 5.37. The fraction of sp³-hybridized carbons (Fsp3) is 0.529. The summed E-state index contributed by atoms with van der Waals surface area (Å²) in [5.41, 5.74) is 7.93. The first-order valence-electron chi connectivity index (χ1n) is 7.81. The number of methoxy groups -OCH3 is 1. The molecule has 0 spiro atoms.